The number of halogens is 3. The first kappa shape index (κ1) is 17.0. The van der Waals surface area contributed by atoms with Crippen molar-refractivity contribution in [3.05, 3.63) is 50.5 Å². The smallest absolute Gasteiger partial charge is 0.286 e. The maximum absolute atomic E-state index is 12.4. The van der Waals surface area contributed by atoms with E-state index in [1.807, 2.05) is 6.92 Å². The number of ether oxygens (including phenoxy) is 1. The first-order chi connectivity index (χ1) is 11.4. The molecule has 0 amide bonds. The second-order valence-corrected chi connectivity index (χ2v) is 6.56. The Hall–Kier alpha value is -1.82. The van der Waals surface area contributed by atoms with Crippen LogP contribution in [0.1, 0.15) is 15.9 Å². The Bertz CT molecular complexity index is 930. The average Bonchev–Trinajstić information content (AvgIpc) is 2.89. The molecule has 1 heterocycles. The fourth-order valence-electron chi connectivity index (χ4n) is 2.30. The molecule has 0 bridgehead atoms. The summed E-state index contributed by atoms with van der Waals surface area (Å²) in [6.45, 7) is 3.41. The second kappa shape index (κ2) is 6.59. The van der Waals surface area contributed by atoms with Gasteiger partial charge < -0.3 is 4.74 Å². The van der Waals surface area contributed by atoms with Crippen molar-refractivity contribution < 1.29 is 9.53 Å². The molecular weight excluding hydrogens is 373 g/mol. The molecule has 0 atom stereocenters. The van der Waals surface area contributed by atoms with Crippen molar-refractivity contribution >= 4 is 51.7 Å². The zero-order valence-corrected chi connectivity index (χ0v) is 15.1. The number of rotatable bonds is 3. The Labute approximate surface area is 153 Å². The predicted molar refractivity (Wildman–Crippen MR) is 94.6 cm³/mol. The SMILES string of the molecule is Cc1cc2nnn(C(=O)COc3c(C)cc(Cl)cc3Cl)c2cc1Cl. The van der Waals surface area contributed by atoms with Crippen molar-refractivity contribution in [2.24, 2.45) is 0 Å². The van der Waals surface area contributed by atoms with E-state index in [0.29, 0.717) is 31.9 Å². The first-order valence-corrected chi connectivity index (χ1v) is 8.13. The van der Waals surface area contributed by atoms with Gasteiger partial charge >= 0.3 is 0 Å². The number of nitrogens with zero attached hydrogens (tertiary/aromatic N) is 3. The second-order valence-electron chi connectivity index (χ2n) is 5.31. The van der Waals surface area contributed by atoms with E-state index in [9.17, 15) is 4.79 Å². The van der Waals surface area contributed by atoms with Gasteiger partial charge in [-0.2, -0.15) is 4.68 Å². The van der Waals surface area contributed by atoms with E-state index in [4.69, 9.17) is 39.5 Å². The molecule has 0 N–H and O–H groups in total. The van der Waals surface area contributed by atoms with Gasteiger partial charge in [0.15, 0.2) is 6.61 Å². The van der Waals surface area contributed by atoms with E-state index in [1.54, 1.807) is 31.2 Å². The van der Waals surface area contributed by atoms with Crippen molar-refractivity contribution in [3.63, 3.8) is 0 Å². The summed E-state index contributed by atoms with van der Waals surface area (Å²) in [6.07, 6.45) is 0. The van der Waals surface area contributed by atoms with Gasteiger partial charge in [0, 0.05) is 10.0 Å². The highest BCUT2D eigenvalue weighted by Crippen LogP contribution is 2.31. The Balaban J connectivity index is 1.85. The van der Waals surface area contributed by atoms with Crippen molar-refractivity contribution in [2.75, 3.05) is 6.61 Å². The molecule has 8 heteroatoms. The molecule has 2 aromatic carbocycles. The minimum absolute atomic E-state index is 0.244. The van der Waals surface area contributed by atoms with Gasteiger partial charge in [-0.25, -0.2) is 0 Å². The maximum atomic E-state index is 12.4. The van der Waals surface area contributed by atoms with E-state index in [1.165, 1.54) is 4.68 Å². The molecule has 3 rings (SSSR count). The third-order valence-electron chi connectivity index (χ3n) is 3.50. The monoisotopic (exact) mass is 383 g/mol. The number of fused-ring (bicyclic) bond motifs is 1. The lowest BCUT2D eigenvalue weighted by Gasteiger charge is -2.11. The van der Waals surface area contributed by atoms with Gasteiger partial charge in [0.2, 0.25) is 0 Å². The lowest BCUT2D eigenvalue weighted by Crippen LogP contribution is -2.21. The van der Waals surface area contributed by atoms with Crippen LogP contribution in [0, 0.1) is 13.8 Å². The Morgan fingerprint density at radius 1 is 1.08 bits per heavy atom. The minimum Gasteiger partial charge on any atom is -0.482 e. The van der Waals surface area contributed by atoms with Gasteiger partial charge in [-0.05, 0) is 49.2 Å². The number of hydrogen-bond acceptors (Lipinski definition) is 4. The molecule has 0 aliphatic rings. The summed E-state index contributed by atoms with van der Waals surface area (Å²) < 4.78 is 6.72. The number of benzene rings is 2. The van der Waals surface area contributed by atoms with Gasteiger partial charge in [-0.3, -0.25) is 4.79 Å². The topological polar surface area (TPSA) is 57.0 Å². The fourth-order valence-corrected chi connectivity index (χ4v) is 3.11. The molecule has 0 unspecified atom stereocenters. The third kappa shape index (κ3) is 3.20. The summed E-state index contributed by atoms with van der Waals surface area (Å²) in [5.74, 6) is 0.0237. The van der Waals surface area contributed by atoms with Gasteiger partial charge in [-0.1, -0.05) is 40.0 Å². The average molecular weight is 385 g/mol. The van der Waals surface area contributed by atoms with Gasteiger partial charge in [0.1, 0.15) is 11.3 Å². The van der Waals surface area contributed by atoms with E-state index < -0.39 is 0 Å². The van der Waals surface area contributed by atoms with Crippen LogP contribution >= 0.6 is 34.8 Å². The first-order valence-electron chi connectivity index (χ1n) is 7.00. The summed E-state index contributed by atoms with van der Waals surface area (Å²) in [5.41, 5.74) is 2.72. The van der Waals surface area contributed by atoms with Crippen LogP contribution in [0.3, 0.4) is 0 Å². The molecule has 1 aromatic heterocycles. The van der Waals surface area contributed by atoms with Crippen LogP contribution in [0.15, 0.2) is 24.3 Å². The molecule has 3 aromatic rings. The zero-order valence-electron chi connectivity index (χ0n) is 12.8. The quantitative estimate of drug-likeness (QED) is 0.655. The number of aromatic nitrogens is 3. The molecule has 5 nitrogen and oxygen atoms in total. The number of carbonyl (C=O) groups is 1. The summed E-state index contributed by atoms with van der Waals surface area (Å²) in [7, 11) is 0. The van der Waals surface area contributed by atoms with E-state index in [2.05, 4.69) is 10.3 Å². The zero-order chi connectivity index (χ0) is 17.4. The Kier molecular flexibility index (Phi) is 4.67. The van der Waals surface area contributed by atoms with Crippen molar-refractivity contribution in [3.8, 4) is 5.75 Å². The van der Waals surface area contributed by atoms with E-state index >= 15 is 0 Å². The fraction of sp³-hybridized carbons (Fsp3) is 0.188. The summed E-state index contributed by atoms with van der Waals surface area (Å²) in [4.78, 5) is 12.4. The van der Waals surface area contributed by atoms with Crippen LogP contribution in [-0.2, 0) is 0 Å². The number of aryl methyl sites for hydroxylation is 2. The summed E-state index contributed by atoms with van der Waals surface area (Å²) >= 11 is 18.1. The molecule has 0 radical (unpaired) electrons. The van der Waals surface area contributed by atoms with Crippen LogP contribution in [0.4, 0.5) is 0 Å². The lowest BCUT2D eigenvalue weighted by molar-refractivity contribution is 0.0824. The van der Waals surface area contributed by atoms with Crippen LogP contribution in [0.2, 0.25) is 15.1 Å². The standard InChI is InChI=1S/C16H12Cl3N3O2/c1-8-4-13-14(6-11(8)18)22(21-20-13)15(23)7-24-16-9(2)3-10(17)5-12(16)19/h3-6H,7H2,1-2H3. The highest BCUT2D eigenvalue weighted by atomic mass is 35.5. The lowest BCUT2D eigenvalue weighted by atomic mass is 10.2. The molecule has 0 aliphatic carbocycles. The molecular formula is C16H12Cl3N3O2. The molecule has 0 spiro atoms. The van der Waals surface area contributed by atoms with Gasteiger partial charge in [0.05, 0.1) is 10.5 Å². The Morgan fingerprint density at radius 3 is 2.54 bits per heavy atom. The predicted octanol–water partition coefficient (Wildman–Crippen LogP) is 4.73. The molecule has 0 saturated heterocycles. The minimum atomic E-state index is -0.386. The third-order valence-corrected chi connectivity index (χ3v) is 4.40. The highest BCUT2D eigenvalue weighted by molar-refractivity contribution is 6.35. The largest absolute Gasteiger partial charge is 0.482 e. The van der Waals surface area contributed by atoms with E-state index in [-0.39, 0.29) is 12.5 Å². The van der Waals surface area contributed by atoms with Crippen molar-refractivity contribution in [2.45, 2.75) is 13.8 Å². The van der Waals surface area contributed by atoms with Crippen molar-refractivity contribution in [1.29, 1.82) is 0 Å². The summed E-state index contributed by atoms with van der Waals surface area (Å²) in [6, 6.07) is 6.70. The molecule has 0 fully saturated rings. The van der Waals surface area contributed by atoms with Crippen LogP contribution in [0.5, 0.6) is 5.75 Å². The highest BCUT2D eigenvalue weighted by Gasteiger charge is 2.16. The van der Waals surface area contributed by atoms with Crippen LogP contribution < -0.4 is 4.74 Å². The van der Waals surface area contributed by atoms with Crippen molar-refractivity contribution in [1.82, 2.24) is 15.0 Å². The molecule has 0 aliphatic heterocycles. The van der Waals surface area contributed by atoms with Crippen LogP contribution in [0.25, 0.3) is 11.0 Å². The Morgan fingerprint density at radius 2 is 1.83 bits per heavy atom. The molecule has 124 valence electrons. The normalized spacial score (nSPS) is 11.0. The van der Waals surface area contributed by atoms with E-state index in [0.717, 1.165) is 11.1 Å². The number of carbonyl (C=O) groups excluding carboxylic acids is 1. The molecule has 0 saturated carbocycles. The molecule has 24 heavy (non-hydrogen) atoms. The van der Waals surface area contributed by atoms with Gasteiger partial charge in [-0.15, -0.1) is 5.10 Å². The van der Waals surface area contributed by atoms with Gasteiger partial charge in [0.25, 0.3) is 5.91 Å². The number of hydrogen-bond donors (Lipinski definition) is 0. The van der Waals surface area contributed by atoms with Crippen LogP contribution in [-0.4, -0.2) is 27.5 Å². The maximum Gasteiger partial charge on any atom is 0.286 e. The summed E-state index contributed by atoms with van der Waals surface area (Å²) in [5, 5.41) is 9.23.